The summed E-state index contributed by atoms with van der Waals surface area (Å²) >= 11 is 0. The van der Waals surface area contributed by atoms with Gasteiger partial charge in [-0.1, -0.05) is 35.5 Å². The van der Waals surface area contributed by atoms with E-state index in [0.29, 0.717) is 24.5 Å². The predicted molar refractivity (Wildman–Crippen MR) is 91.3 cm³/mol. The maximum absolute atomic E-state index is 12.8. The Morgan fingerprint density at radius 2 is 1.75 bits per heavy atom. The third kappa shape index (κ3) is 3.53. The number of nitrogens with zero attached hydrogens (tertiary/aromatic N) is 3. The Morgan fingerprint density at radius 3 is 2.33 bits per heavy atom. The zero-order valence-corrected chi connectivity index (χ0v) is 14.9. The van der Waals surface area contributed by atoms with Crippen LogP contribution in [0.1, 0.15) is 17.0 Å². The molecule has 0 atom stereocenters. The highest BCUT2D eigenvalue weighted by Gasteiger charge is 2.33. The van der Waals surface area contributed by atoms with Crippen LogP contribution in [0.25, 0.3) is 0 Å². The van der Waals surface area contributed by atoms with Crippen LogP contribution in [-0.2, 0) is 16.4 Å². The lowest BCUT2D eigenvalue weighted by Gasteiger charge is -2.33. The highest BCUT2D eigenvalue weighted by Crippen LogP contribution is 2.24. The molecule has 0 N–H and O–H groups in total. The third-order valence-electron chi connectivity index (χ3n) is 4.46. The lowest BCUT2D eigenvalue weighted by Crippen LogP contribution is -2.49. The van der Waals surface area contributed by atoms with Gasteiger partial charge in [0.1, 0.15) is 10.6 Å². The largest absolute Gasteiger partial charge is 0.360 e. The Labute approximate surface area is 143 Å². The van der Waals surface area contributed by atoms with Gasteiger partial charge in [0.2, 0.25) is 10.0 Å². The lowest BCUT2D eigenvalue weighted by atomic mass is 10.1. The second-order valence-corrected chi connectivity index (χ2v) is 8.01. The van der Waals surface area contributed by atoms with Crippen molar-refractivity contribution in [2.75, 3.05) is 32.7 Å². The van der Waals surface area contributed by atoms with Gasteiger partial charge in [-0.15, -0.1) is 0 Å². The molecule has 1 aliphatic heterocycles. The molecule has 0 saturated carbocycles. The lowest BCUT2D eigenvalue weighted by molar-refractivity contribution is 0.190. The summed E-state index contributed by atoms with van der Waals surface area (Å²) in [6.07, 6.45) is 0.984. The van der Waals surface area contributed by atoms with E-state index in [1.807, 2.05) is 18.2 Å². The quantitative estimate of drug-likeness (QED) is 0.824. The molecule has 1 fully saturated rings. The number of sulfonamides is 1. The first kappa shape index (κ1) is 17.1. The minimum Gasteiger partial charge on any atom is -0.360 e. The van der Waals surface area contributed by atoms with Crippen LogP contribution in [0, 0.1) is 13.8 Å². The summed E-state index contributed by atoms with van der Waals surface area (Å²) in [5.74, 6) is 0.360. The number of hydrogen-bond acceptors (Lipinski definition) is 5. The average Bonchev–Trinajstić information content (AvgIpc) is 2.93. The maximum Gasteiger partial charge on any atom is 0.248 e. The van der Waals surface area contributed by atoms with Crippen LogP contribution in [0.2, 0.25) is 0 Å². The number of rotatable bonds is 5. The van der Waals surface area contributed by atoms with Gasteiger partial charge in [-0.05, 0) is 25.8 Å². The molecule has 130 valence electrons. The zero-order chi connectivity index (χ0) is 17.2. The van der Waals surface area contributed by atoms with E-state index < -0.39 is 10.0 Å². The molecule has 1 saturated heterocycles. The summed E-state index contributed by atoms with van der Waals surface area (Å²) in [5.41, 5.74) is 1.74. The molecular weight excluding hydrogens is 326 g/mol. The van der Waals surface area contributed by atoms with Crippen molar-refractivity contribution in [3.05, 3.63) is 47.3 Å². The van der Waals surface area contributed by atoms with Crippen LogP contribution in [-0.4, -0.2) is 55.5 Å². The summed E-state index contributed by atoms with van der Waals surface area (Å²) in [6, 6.07) is 10.4. The Balaban J connectivity index is 1.59. The van der Waals surface area contributed by atoms with Crippen molar-refractivity contribution < 1.29 is 12.9 Å². The maximum atomic E-state index is 12.8. The monoisotopic (exact) mass is 349 g/mol. The Morgan fingerprint density at radius 1 is 1.08 bits per heavy atom. The van der Waals surface area contributed by atoms with Gasteiger partial charge in [-0.25, -0.2) is 8.42 Å². The highest BCUT2D eigenvalue weighted by atomic mass is 32.2. The molecule has 0 amide bonds. The van der Waals surface area contributed by atoms with Crippen LogP contribution in [0.5, 0.6) is 0 Å². The van der Waals surface area contributed by atoms with Crippen LogP contribution < -0.4 is 0 Å². The summed E-state index contributed by atoms with van der Waals surface area (Å²) < 4.78 is 32.1. The molecule has 7 heteroatoms. The molecule has 1 aromatic carbocycles. The fourth-order valence-corrected chi connectivity index (χ4v) is 4.81. The van der Waals surface area contributed by atoms with Crippen LogP contribution in [0.4, 0.5) is 0 Å². The molecule has 0 radical (unpaired) electrons. The second kappa shape index (κ2) is 7.04. The molecule has 1 aromatic heterocycles. The number of benzene rings is 1. The van der Waals surface area contributed by atoms with Crippen molar-refractivity contribution in [1.29, 1.82) is 0 Å². The fraction of sp³-hybridized carbons (Fsp3) is 0.471. The SMILES string of the molecule is Cc1noc(C)c1S(=O)(=O)N1CCN(CCc2ccccc2)CC1. The normalized spacial score (nSPS) is 17.2. The summed E-state index contributed by atoms with van der Waals surface area (Å²) in [6.45, 7) is 6.75. The topological polar surface area (TPSA) is 66.7 Å². The van der Waals surface area contributed by atoms with E-state index in [0.717, 1.165) is 26.1 Å². The first-order valence-corrected chi connectivity index (χ1v) is 9.62. The standard InChI is InChI=1S/C17H23N3O3S/c1-14-17(15(2)23-18-14)24(21,22)20-12-10-19(11-13-20)9-8-16-6-4-3-5-7-16/h3-7H,8-13H2,1-2H3. The fourth-order valence-electron chi connectivity index (χ4n) is 3.10. The van der Waals surface area contributed by atoms with E-state index in [1.165, 1.54) is 5.56 Å². The highest BCUT2D eigenvalue weighted by molar-refractivity contribution is 7.89. The van der Waals surface area contributed by atoms with Crippen molar-refractivity contribution >= 4 is 10.0 Å². The minimum atomic E-state index is -3.52. The van der Waals surface area contributed by atoms with E-state index >= 15 is 0 Å². The molecule has 3 rings (SSSR count). The van der Waals surface area contributed by atoms with E-state index in [1.54, 1.807) is 18.2 Å². The van der Waals surface area contributed by atoms with Crippen LogP contribution in [0.3, 0.4) is 0 Å². The first-order valence-electron chi connectivity index (χ1n) is 8.18. The molecule has 0 bridgehead atoms. The number of aryl methyl sites for hydroxylation is 2. The van der Waals surface area contributed by atoms with Gasteiger partial charge in [0.15, 0.2) is 5.76 Å². The van der Waals surface area contributed by atoms with E-state index in [9.17, 15) is 8.42 Å². The van der Waals surface area contributed by atoms with Gasteiger partial charge >= 0.3 is 0 Å². The molecule has 2 heterocycles. The Bertz CT molecular complexity index is 759. The van der Waals surface area contributed by atoms with Gasteiger partial charge in [-0.2, -0.15) is 4.31 Å². The molecule has 0 unspecified atom stereocenters. The molecule has 1 aliphatic rings. The number of hydrogen-bond donors (Lipinski definition) is 0. The second-order valence-electron chi connectivity index (χ2n) is 6.13. The van der Waals surface area contributed by atoms with Gasteiger partial charge in [0, 0.05) is 32.7 Å². The predicted octanol–water partition coefficient (Wildman–Crippen LogP) is 1.84. The molecule has 24 heavy (non-hydrogen) atoms. The zero-order valence-electron chi connectivity index (χ0n) is 14.1. The summed E-state index contributed by atoms with van der Waals surface area (Å²) in [7, 11) is -3.52. The molecule has 0 aliphatic carbocycles. The van der Waals surface area contributed by atoms with Gasteiger partial charge in [0.25, 0.3) is 0 Å². The molecule has 6 nitrogen and oxygen atoms in total. The molecule has 0 spiro atoms. The molecular formula is C17H23N3O3S. The third-order valence-corrected chi connectivity index (χ3v) is 6.60. The molecule has 2 aromatic rings. The van der Waals surface area contributed by atoms with Crippen molar-refractivity contribution in [2.45, 2.75) is 25.2 Å². The number of aromatic nitrogens is 1. The van der Waals surface area contributed by atoms with Crippen molar-refractivity contribution in [2.24, 2.45) is 0 Å². The van der Waals surface area contributed by atoms with E-state index in [2.05, 4.69) is 22.2 Å². The van der Waals surface area contributed by atoms with E-state index in [4.69, 9.17) is 4.52 Å². The van der Waals surface area contributed by atoms with Gasteiger partial charge in [0.05, 0.1) is 0 Å². The Hall–Kier alpha value is -1.70. The van der Waals surface area contributed by atoms with Crippen molar-refractivity contribution in [1.82, 2.24) is 14.4 Å². The van der Waals surface area contributed by atoms with Gasteiger partial charge in [-0.3, -0.25) is 0 Å². The van der Waals surface area contributed by atoms with Crippen molar-refractivity contribution in [3.8, 4) is 0 Å². The summed E-state index contributed by atoms with van der Waals surface area (Å²) in [4.78, 5) is 2.53. The Kier molecular flexibility index (Phi) is 5.03. The minimum absolute atomic E-state index is 0.222. The van der Waals surface area contributed by atoms with E-state index in [-0.39, 0.29) is 4.90 Å². The smallest absolute Gasteiger partial charge is 0.248 e. The van der Waals surface area contributed by atoms with Crippen molar-refractivity contribution in [3.63, 3.8) is 0 Å². The summed E-state index contributed by atoms with van der Waals surface area (Å²) in [5, 5.41) is 3.76. The van der Waals surface area contributed by atoms with Crippen LogP contribution >= 0.6 is 0 Å². The van der Waals surface area contributed by atoms with Gasteiger partial charge < -0.3 is 9.42 Å². The number of piperazine rings is 1. The average molecular weight is 349 g/mol. The first-order chi connectivity index (χ1) is 11.5. The van der Waals surface area contributed by atoms with Crippen LogP contribution in [0.15, 0.2) is 39.8 Å².